The van der Waals surface area contributed by atoms with Crippen molar-refractivity contribution >= 4 is 23.0 Å². The molecule has 0 saturated carbocycles. The summed E-state index contributed by atoms with van der Waals surface area (Å²) in [5.41, 5.74) is 3.89. The van der Waals surface area contributed by atoms with Crippen molar-refractivity contribution in [2.24, 2.45) is 0 Å². The number of nitrogens with zero attached hydrogens (tertiary/aromatic N) is 1. The molecule has 4 nitrogen and oxygen atoms in total. The molecule has 1 heterocycles. The number of carbonyl (C=O) groups excluding carboxylic acids is 1. The van der Waals surface area contributed by atoms with Crippen molar-refractivity contribution in [2.75, 3.05) is 0 Å². The number of amides is 1. The molecule has 4 aromatic carbocycles. The predicted octanol–water partition coefficient (Wildman–Crippen LogP) is 6.84. The molecule has 1 amide bonds. The second-order valence-electron chi connectivity index (χ2n) is 8.73. The molecule has 0 N–H and O–H groups in total. The molecule has 1 aromatic heterocycles. The second-order valence-corrected chi connectivity index (χ2v) is 8.73. The first-order valence-corrected chi connectivity index (χ1v) is 11.9. The van der Waals surface area contributed by atoms with Crippen LogP contribution in [0.2, 0.25) is 0 Å². The van der Waals surface area contributed by atoms with Crippen molar-refractivity contribution in [1.82, 2.24) is 4.90 Å². The van der Waals surface area contributed by atoms with E-state index in [0.717, 1.165) is 22.3 Å². The minimum atomic E-state index is -0.318. The number of hydrogen-bond donors (Lipinski definition) is 0. The van der Waals surface area contributed by atoms with E-state index in [1.54, 1.807) is 41.3 Å². The molecule has 0 unspecified atom stereocenters. The summed E-state index contributed by atoms with van der Waals surface area (Å²) in [5, 5.41) is 0.543. The molecule has 0 aliphatic rings. The molecule has 0 fully saturated rings. The van der Waals surface area contributed by atoms with Gasteiger partial charge in [-0.15, -0.1) is 0 Å². The summed E-state index contributed by atoms with van der Waals surface area (Å²) in [5.74, 6) is 0.0135. The van der Waals surface area contributed by atoms with Crippen LogP contribution in [-0.2, 0) is 17.9 Å². The van der Waals surface area contributed by atoms with Crippen molar-refractivity contribution in [3.05, 3.63) is 148 Å². The molecule has 5 aromatic rings. The van der Waals surface area contributed by atoms with Gasteiger partial charge in [0.25, 0.3) is 0 Å². The summed E-state index contributed by atoms with van der Waals surface area (Å²) < 4.78 is 19.4. The van der Waals surface area contributed by atoms with Crippen LogP contribution in [0.25, 0.3) is 28.4 Å². The van der Waals surface area contributed by atoms with Gasteiger partial charge in [-0.2, -0.15) is 0 Å². The van der Waals surface area contributed by atoms with Crippen LogP contribution in [0.5, 0.6) is 0 Å². The predicted molar refractivity (Wildman–Crippen MR) is 144 cm³/mol. The Kier molecular flexibility index (Phi) is 7.04. The maximum Gasteiger partial charge on any atom is 0.247 e. The average molecular weight is 490 g/mol. The smallest absolute Gasteiger partial charge is 0.247 e. The molecule has 0 saturated heterocycles. The minimum absolute atomic E-state index is 0.0952. The Morgan fingerprint density at radius 1 is 0.784 bits per heavy atom. The van der Waals surface area contributed by atoms with E-state index in [1.807, 2.05) is 66.7 Å². The molecule has 182 valence electrons. The lowest BCUT2D eigenvalue weighted by atomic mass is 10.1. The second kappa shape index (κ2) is 10.9. The number of fused-ring (bicyclic) bond motifs is 1. The third kappa shape index (κ3) is 5.90. The van der Waals surface area contributed by atoms with Crippen molar-refractivity contribution in [3.8, 4) is 11.3 Å². The zero-order valence-electron chi connectivity index (χ0n) is 20.0. The zero-order valence-corrected chi connectivity index (χ0v) is 20.0. The quantitative estimate of drug-likeness (QED) is 0.235. The molecule has 37 heavy (non-hydrogen) atoms. The maximum atomic E-state index is 13.4. The van der Waals surface area contributed by atoms with E-state index in [1.165, 1.54) is 18.2 Å². The van der Waals surface area contributed by atoms with Crippen molar-refractivity contribution in [1.29, 1.82) is 0 Å². The number of hydrogen-bond acceptors (Lipinski definition) is 3. The molecule has 0 atom stereocenters. The highest BCUT2D eigenvalue weighted by molar-refractivity contribution is 5.91. The monoisotopic (exact) mass is 489 g/mol. The summed E-state index contributed by atoms with van der Waals surface area (Å²) in [6.07, 6.45) is 3.34. The Bertz CT molecular complexity index is 1600. The SMILES string of the molecule is O=C(/C=C/c1ccccc1)N(Cc1ccc(F)cc1)Cc1ccc(-c2cc(=O)c3ccccc3o2)cc1. The van der Waals surface area contributed by atoms with Gasteiger partial charge in [-0.1, -0.05) is 78.9 Å². The van der Waals surface area contributed by atoms with E-state index in [-0.39, 0.29) is 17.2 Å². The summed E-state index contributed by atoms with van der Waals surface area (Å²) in [4.78, 5) is 27.3. The molecule has 0 radical (unpaired) electrons. The number of para-hydroxylation sites is 1. The third-order valence-corrected chi connectivity index (χ3v) is 6.06. The van der Waals surface area contributed by atoms with Gasteiger partial charge in [-0.25, -0.2) is 4.39 Å². The molecule has 0 spiro atoms. The first kappa shape index (κ1) is 23.9. The lowest BCUT2D eigenvalue weighted by Gasteiger charge is -2.22. The number of halogens is 1. The van der Waals surface area contributed by atoms with E-state index in [2.05, 4.69) is 0 Å². The number of benzene rings is 4. The van der Waals surface area contributed by atoms with E-state index >= 15 is 0 Å². The van der Waals surface area contributed by atoms with Crippen molar-refractivity contribution in [3.63, 3.8) is 0 Å². The van der Waals surface area contributed by atoms with Crippen molar-refractivity contribution in [2.45, 2.75) is 13.1 Å². The van der Waals surface area contributed by atoms with E-state index < -0.39 is 0 Å². The van der Waals surface area contributed by atoms with Gasteiger partial charge in [0.2, 0.25) is 5.91 Å². The van der Waals surface area contributed by atoms with Crippen LogP contribution in [0.1, 0.15) is 16.7 Å². The zero-order chi connectivity index (χ0) is 25.6. The van der Waals surface area contributed by atoms with Gasteiger partial charge in [0, 0.05) is 30.8 Å². The Morgan fingerprint density at radius 3 is 2.11 bits per heavy atom. The highest BCUT2D eigenvalue weighted by Gasteiger charge is 2.14. The fourth-order valence-corrected chi connectivity index (χ4v) is 4.10. The Balaban J connectivity index is 1.38. The Hall–Kier alpha value is -4.77. The van der Waals surface area contributed by atoms with E-state index in [0.29, 0.717) is 29.8 Å². The fourth-order valence-electron chi connectivity index (χ4n) is 4.10. The highest BCUT2D eigenvalue weighted by Crippen LogP contribution is 2.23. The topological polar surface area (TPSA) is 50.5 Å². The molecule has 0 aliphatic carbocycles. The van der Waals surface area contributed by atoms with Crippen LogP contribution < -0.4 is 5.43 Å². The fraction of sp³-hybridized carbons (Fsp3) is 0.0625. The van der Waals surface area contributed by atoms with Crippen molar-refractivity contribution < 1.29 is 13.6 Å². The summed E-state index contributed by atoms with van der Waals surface area (Å²) in [7, 11) is 0. The average Bonchev–Trinajstić information content (AvgIpc) is 2.93. The van der Waals surface area contributed by atoms with Gasteiger partial charge < -0.3 is 9.32 Å². The van der Waals surface area contributed by atoms with Crippen LogP contribution in [-0.4, -0.2) is 10.8 Å². The maximum absolute atomic E-state index is 13.4. The largest absolute Gasteiger partial charge is 0.456 e. The third-order valence-electron chi connectivity index (χ3n) is 6.06. The van der Waals surface area contributed by atoms with Gasteiger partial charge in [-0.05, 0) is 47.0 Å². The summed E-state index contributed by atoms with van der Waals surface area (Å²) in [6, 6.07) is 32.0. The van der Waals surface area contributed by atoms with E-state index in [9.17, 15) is 14.0 Å². The van der Waals surface area contributed by atoms with Gasteiger partial charge in [0.05, 0.1) is 5.39 Å². The lowest BCUT2D eigenvalue weighted by Crippen LogP contribution is -2.28. The van der Waals surface area contributed by atoms with Gasteiger partial charge in [0.1, 0.15) is 17.2 Å². The van der Waals surface area contributed by atoms with Gasteiger partial charge >= 0.3 is 0 Å². The molecule has 0 bridgehead atoms. The van der Waals surface area contributed by atoms with Crippen LogP contribution in [0, 0.1) is 5.82 Å². The summed E-state index contributed by atoms with van der Waals surface area (Å²) >= 11 is 0. The van der Waals surface area contributed by atoms with Gasteiger partial charge in [0.15, 0.2) is 5.43 Å². The van der Waals surface area contributed by atoms with Crippen LogP contribution >= 0.6 is 0 Å². The number of rotatable bonds is 7. The van der Waals surface area contributed by atoms with Crippen LogP contribution in [0.3, 0.4) is 0 Å². The Labute approximate surface area is 213 Å². The van der Waals surface area contributed by atoms with E-state index in [4.69, 9.17) is 4.42 Å². The first-order chi connectivity index (χ1) is 18.0. The molecular weight excluding hydrogens is 465 g/mol. The lowest BCUT2D eigenvalue weighted by molar-refractivity contribution is -0.127. The molecule has 0 aliphatic heterocycles. The minimum Gasteiger partial charge on any atom is -0.456 e. The first-order valence-electron chi connectivity index (χ1n) is 11.9. The van der Waals surface area contributed by atoms with Crippen LogP contribution in [0.15, 0.2) is 124 Å². The molecule has 5 rings (SSSR count). The standard InChI is InChI=1S/C32H24FNO3/c33-27-17-12-25(13-18-27)22-34(32(36)19-14-23-6-2-1-3-7-23)21-24-10-15-26(16-11-24)31-20-29(35)28-8-4-5-9-30(28)37-31/h1-20H,21-22H2/b19-14+. The van der Waals surface area contributed by atoms with Gasteiger partial charge in [-0.3, -0.25) is 9.59 Å². The number of carbonyl (C=O) groups is 1. The Morgan fingerprint density at radius 2 is 1.41 bits per heavy atom. The molecule has 5 heteroatoms. The normalized spacial score (nSPS) is 11.2. The molecular formula is C32H24FNO3. The summed E-state index contributed by atoms with van der Waals surface area (Å²) in [6.45, 7) is 0.691. The highest BCUT2D eigenvalue weighted by atomic mass is 19.1. The van der Waals surface area contributed by atoms with Crippen LogP contribution in [0.4, 0.5) is 4.39 Å².